The minimum atomic E-state index is -0.111. The van der Waals surface area contributed by atoms with Crippen molar-refractivity contribution in [2.24, 2.45) is 0 Å². The number of piperidine rings is 1. The Morgan fingerprint density at radius 3 is 2.68 bits per heavy atom. The number of carbonyl (C=O) groups excluding carboxylic acids is 2. The van der Waals surface area contributed by atoms with Crippen LogP contribution >= 0.6 is 0 Å². The van der Waals surface area contributed by atoms with Crippen LogP contribution in [-0.2, 0) is 0 Å². The third-order valence-corrected chi connectivity index (χ3v) is 5.27. The normalized spacial score (nSPS) is 14.8. The first-order valence-electron chi connectivity index (χ1n) is 9.46. The first-order valence-corrected chi connectivity index (χ1v) is 9.46. The fraction of sp³-hybridized carbons (Fsp3) is 0.273. The molecule has 3 aromatic rings. The van der Waals surface area contributed by atoms with Crippen LogP contribution in [0.1, 0.15) is 33.6 Å². The maximum absolute atomic E-state index is 12.9. The quantitative estimate of drug-likeness (QED) is 0.733. The minimum Gasteiger partial charge on any atom is -0.497 e. The Balaban J connectivity index is 1.36. The van der Waals surface area contributed by atoms with E-state index in [-0.39, 0.29) is 17.9 Å². The summed E-state index contributed by atoms with van der Waals surface area (Å²) in [6, 6.07) is 15.0. The van der Waals surface area contributed by atoms with Gasteiger partial charge in [-0.25, -0.2) is 0 Å². The molecule has 6 heteroatoms. The van der Waals surface area contributed by atoms with E-state index in [0.717, 1.165) is 23.7 Å². The third kappa shape index (κ3) is 3.58. The predicted molar refractivity (Wildman–Crippen MR) is 108 cm³/mol. The lowest BCUT2D eigenvalue weighted by Gasteiger charge is -2.32. The molecule has 0 saturated carbocycles. The molecule has 0 aliphatic carbocycles. The van der Waals surface area contributed by atoms with Gasteiger partial charge in [-0.05, 0) is 37.1 Å². The lowest BCUT2D eigenvalue weighted by molar-refractivity contribution is 0.0700. The zero-order valence-corrected chi connectivity index (χ0v) is 15.8. The van der Waals surface area contributed by atoms with Gasteiger partial charge in [-0.1, -0.05) is 24.3 Å². The summed E-state index contributed by atoms with van der Waals surface area (Å²) in [6.07, 6.45) is 3.26. The molecule has 0 radical (unpaired) electrons. The number of fused-ring (bicyclic) bond motifs is 1. The van der Waals surface area contributed by atoms with Crippen LogP contribution in [0.5, 0.6) is 5.75 Å². The summed E-state index contributed by atoms with van der Waals surface area (Å²) in [7, 11) is 1.58. The van der Waals surface area contributed by atoms with E-state index < -0.39 is 0 Å². The van der Waals surface area contributed by atoms with Crippen LogP contribution in [0.4, 0.5) is 0 Å². The van der Waals surface area contributed by atoms with Crippen LogP contribution in [0.2, 0.25) is 0 Å². The Hall–Kier alpha value is -3.28. The average Bonchev–Trinajstić information content (AvgIpc) is 3.18. The maximum Gasteiger partial charge on any atom is 0.256 e. The fourth-order valence-electron chi connectivity index (χ4n) is 3.68. The van der Waals surface area contributed by atoms with Crippen LogP contribution < -0.4 is 10.1 Å². The number of hydrogen-bond donors (Lipinski definition) is 2. The van der Waals surface area contributed by atoms with E-state index in [1.54, 1.807) is 31.5 Å². The number of amides is 2. The molecular formula is C22H23N3O3. The Kier molecular flexibility index (Phi) is 5.02. The van der Waals surface area contributed by atoms with Gasteiger partial charge in [0.15, 0.2) is 0 Å². The van der Waals surface area contributed by atoms with Crippen molar-refractivity contribution in [2.75, 3.05) is 20.2 Å². The van der Waals surface area contributed by atoms with E-state index >= 15 is 0 Å². The second-order valence-corrected chi connectivity index (χ2v) is 7.02. The minimum absolute atomic E-state index is 0.0371. The van der Waals surface area contributed by atoms with Gasteiger partial charge in [0.2, 0.25) is 0 Å². The smallest absolute Gasteiger partial charge is 0.256 e. The molecule has 1 aromatic heterocycles. The average molecular weight is 377 g/mol. The molecule has 1 fully saturated rings. The second kappa shape index (κ2) is 7.76. The van der Waals surface area contributed by atoms with E-state index in [0.29, 0.717) is 30.0 Å². The van der Waals surface area contributed by atoms with Gasteiger partial charge >= 0.3 is 0 Å². The van der Waals surface area contributed by atoms with Crippen molar-refractivity contribution >= 4 is 22.7 Å². The highest BCUT2D eigenvalue weighted by atomic mass is 16.5. The summed E-state index contributed by atoms with van der Waals surface area (Å²) in [4.78, 5) is 30.4. The van der Waals surface area contributed by atoms with Crippen LogP contribution in [0, 0.1) is 0 Å². The van der Waals surface area contributed by atoms with Crippen LogP contribution in [0.25, 0.3) is 10.9 Å². The summed E-state index contributed by atoms with van der Waals surface area (Å²) in [5, 5.41) is 4.02. The highest BCUT2D eigenvalue weighted by molar-refractivity contribution is 6.06. The van der Waals surface area contributed by atoms with Crippen molar-refractivity contribution in [3.8, 4) is 5.75 Å². The summed E-state index contributed by atoms with van der Waals surface area (Å²) in [5.41, 5.74) is 2.25. The first-order chi connectivity index (χ1) is 13.7. The number of aromatic nitrogens is 1. The number of carbonyl (C=O) groups is 2. The molecule has 0 unspecified atom stereocenters. The van der Waals surface area contributed by atoms with E-state index in [2.05, 4.69) is 10.3 Å². The highest BCUT2D eigenvalue weighted by Crippen LogP contribution is 2.22. The van der Waals surface area contributed by atoms with E-state index in [1.807, 2.05) is 35.2 Å². The van der Waals surface area contributed by atoms with E-state index in [1.165, 1.54) is 0 Å². The van der Waals surface area contributed by atoms with Crippen LogP contribution in [-0.4, -0.2) is 47.9 Å². The Bertz CT molecular complexity index is 1000. The number of rotatable bonds is 4. The van der Waals surface area contributed by atoms with Crippen molar-refractivity contribution < 1.29 is 14.3 Å². The lowest BCUT2D eigenvalue weighted by atomic mass is 10.0. The molecule has 0 spiro atoms. The van der Waals surface area contributed by atoms with Gasteiger partial charge < -0.3 is 19.9 Å². The van der Waals surface area contributed by atoms with Crippen molar-refractivity contribution in [1.29, 1.82) is 0 Å². The number of para-hydroxylation sites is 1. The lowest BCUT2D eigenvalue weighted by Crippen LogP contribution is -2.46. The van der Waals surface area contributed by atoms with Gasteiger partial charge in [-0.3, -0.25) is 9.59 Å². The van der Waals surface area contributed by atoms with Gasteiger partial charge in [0.05, 0.1) is 12.7 Å². The summed E-state index contributed by atoms with van der Waals surface area (Å²) in [5.74, 6) is 0.585. The largest absolute Gasteiger partial charge is 0.497 e. The first kappa shape index (κ1) is 18.1. The van der Waals surface area contributed by atoms with E-state index in [9.17, 15) is 9.59 Å². The molecule has 2 aromatic carbocycles. The molecule has 28 heavy (non-hydrogen) atoms. The van der Waals surface area contributed by atoms with Gasteiger partial charge in [0.25, 0.3) is 11.8 Å². The number of methoxy groups -OCH3 is 1. The van der Waals surface area contributed by atoms with Crippen molar-refractivity contribution in [2.45, 2.75) is 18.9 Å². The molecule has 1 saturated heterocycles. The van der Waals surface area contributed by atoms with Crippen LogP contribution in [0.3, 0.4) is 0 Å². The van der Waals surface area contributed by atoms with E-state index in [4.69, 9.17) is 4.74 Å². The standard InChI is InChI=1S/C22H23N3O3/c1-28-17-6-4-5-15(13-17)21(26)24-16-9-11-25(12-10-16)22(27)19-14-23-20-8-3-2-7-18(19)20/h2-8,13-14,16,23H,9-12H2,1H3,(H,24,26). The second-order valence-electron chi connectivity index (χ2n) is 7.02. The fourth-order valence-corrected chi connectivity index (χ4v) is 3.68. The van der Waals surface area contributed by atoms with Gasteiger partial charge in [0.1, 0.15) is 5.75 Å². The van der Waals surface area contributed by atoms with Gasteiger partial charge in [-0.15, -0.1) is 0 Å². The molecule has 1 aliphatic heterocycles. The molecular weight excluding hydrogens is 354 g/mol. The molecule has 2 heterocycles. The number of nitrogens with zero attached hydrogens (tertiary/aromatic N) is 1. The molecule has 6 nitrogen and oxygen atoms in total. The summed E-state index contributed by atoms with van der Waals surface area (Å²) >= 11 is 0. The van der Waals surface area contributed by atoms with Gasteiger partial charge in [0, 0.05) is 41.8 Å². The number of hydrogen-bond acceptors (Lipinski definition) is 3. The Labute approximate surface area is 163 Å². The number of benzene rings is 2. The monoisotopic (exact) mass is 377 g/mol. The molecule has 0 atom stereocenters. The molecule has 2 N–H and O–H groups in total. The Morgan fingerprint density at radius 1 is 1.11 bits per heavy atom. The number of likely N-dealkylation sites (tertiary alicyclic amines) is 1. The topological polar surface area (TPSA) is 74.4 Å². The highest BCUT2D eigenvalue weighted by Gasteiger charge is 2.26. The molecule has 144 valence electrons. The van der Waals surface area contributed by atoms with Crippen molar-refractivity contribution in [3.05, 3.63) is 65.9 Å². The number of ether oxygens (including phenoxy) is 1. The molecule has 4 rings (SSSR count). The van der Waals surface area contributed by atoms with Gasteiger partial charge in [-0.2, -0.15) is 0 Å². The maximum atomic E-state index is 12.9. The SMILES string of the molecule is COc1cccc(C(=O)NC2CCN(C(=O)c3c[nH]c4ccccc34)CC2)c1. The number of nitrogens with one attached hydrogen (secondary N) is 2. The zero-order valence-electron chi connectivity index (χ0n) is 15.8. The van der Waals surface area contributed by atoms with Crippen LogP contribution in [0.15, 0.2) is 54.7 Å². The third-order valence-electron chi connectivity index (χ3n) is 5.27. The predicted octanol–water partition coefficient (Wildman–Crippen LogP) is 3.21. The van der Waals surface area contributed by atoms with Crippen molar-refractivity contribution in [3.63, 3.8) is 0 Å². The summed E-state index contributed by atoms with van der Waals surface area (Å²) < 4.78 is 5.17. The number of H-pyrrole nitrogens is 1. The molecule has 0 bridgehead atoms. The molecule has 1 aliphatic rings. The summed E-state index contributed by atoms with van der Waals surface area (Å²) in [6.45, 7) is 1.25. The number of aromatic amines is 1. The Morgan fingerprint density at radius 2 is 1.89 bits per heavy atom. The van der Waals surface area contributed by atoms with Crippen molar-refractivity contribution in [1.82, 2.24) is 15.2 Å². The molecule has 2 amide bonds. The zero-order chi connectivity index (χ0) is 19.5.